The van der Waals surface area contributed by atoms with Crippen LogP contribution in [0.25, 0.3) is 10.8 Å². The zero-order valence-electron chi connectivity index (χ0n) is 13.0. The molecule has 112 valence electrons. The number of hydrogen-bond donors (Lipinski definition) is 1. The van der Waals surface area contributed by atoms with E-state index in [1.165, 1.54) is 12.8 Å². The summed E-state index contributed by atoms with van der Waals surface area (Å²) >= 11 is 0. The van der Waals surface area contributed by atoms with E-state index in [1.54, 1.807) is 0 Å². The Kier molecular flexibility index (Phi) is 4.25. The molecule has 1 atom stereocenters. The molecule has 1 aromatic heterocycles. The average Bonchev–Trinajstić information content (AvgIpc) is 2.53. The predicted molar refractivity (Wildman–Crippen MR) is 87.0 cm³/mol. The van der Waals surface area contributed by atoms with Crippen molar-refractivity contribution in [2.24, 2.45) is 17.8 Å². The van der Waals surface area contributed by atoms with Gasteiger partial charge in [0, 0.05) is 17.8 Å². The molecule has 0 bridgehead atoms. The summed E-state index contributed by atoms with van der Waals surface area (Å²) in [5.41, 5.74) is 1.07. The van der Waals surface area contributed by atoms with Gasteiger partial charge in [0.25, 0.3) is 0 Å². The molecule has 1 heterocycles. The fraction of sp³-hybridized carbons (Fsp3) is 0.526. The molecule has 1 saturated carbocycles. The Morgan fingerprint density at radius 3 is 2.48 bits per heavy atom. The molecular formula is C19H25NO. The van der Waals surface area contributed by atoms with Crippen molar-refractivity contribution in [3.8, 4) is 0 Å². The van der Waals surface area contributed by atoms with Gasteiger partial charge in [0.05, 0.1) is 6.10 Å². The normalized spacial score (nSPS) is 24.4. The number of aliphatic hydroxyl groups excluding tert-OH is 1. The van der Waals surface area contributed by atoms with E-state index in [1.807, 2.05) is 24.5 Å². The molecule has 2 heteroatoms. The van der Waals surface area contributed by atoms with Gasteiger partial charge >= 0.3 is 0 Å². The monoisotopic (exact) mass is 283 g/mol. The molecule has 21 heavy (non-hydrogen) atoms. The van der Waals surface area contributed by atoms with Crippen LogP contribution in [0, 0.1) is 17.8 Å². The van der Waals surface area contributed by atoms with Crippen LogP contribution in [0.5, 0.6) is 0 Å². The van der Waals surface area contributed by atoms with E-state index < -0.39 is 0 Å². The number of pyridine rings is 1. The number of rotatable bonds is 3. The Hall–Kier alpha value is -1.41. The van der Waals surface area contributed by atoms with E-state index in [9.17, 15) is 5.11 Å². The summed E-state index contributed by atoms with van der Waals surface area (Å²) in [7, 11) is 0. The smallest absolute Gasteiger partial charge is 0.0824 e. The first-order valence-electron chi connectivity index (χ1n) is 8.17. The van der Waals surface area contributed by atoms with Crippen molar-refractivity contribution >= 4 is 10.8 Å². The predicted octanol–water partition coefficient (Wildman–Crippen LogP) is 4.73. The fourth-order valence-electron chi connectivity index (χ4n) is 3.79. The second-order valence-corrected chi connectivity index (χ2v) is 6.81. The summed E-state index contributed by atoms with van der Waals surface area (Å²) in [6.45, 7) is 4.64. The lowest BCUT2D eigenvalue weighted by Crippen LogP contribution is -2.23. The van der Waals surface area contributed by atoms with Gasteiger partial charge in [-0.25, -0.2) is 0 Å². The van der Waals surface area contributed by atoms with Crippen molar-refractivity contribution < 1.29 is 5.11 Å². The molecule has 1 unspecified atom stereocenters. The largest absolute Gasteiger partial charge is 0.388 e. The van der Waals surface area contributed by atoms with Crippen molar-refractivity contribution in [3.05, 3.63) is 42.2 Å². The molecule has 1 aromatic carbocycles. The van der Waals surface area contributed by atoms with E-state index in [-0.39, 0.29) is 6.10 Å². The molecule has 0 spiro atoms. The molecule has 3 rings (SSSR count). The fourth-order valence-corrected chi connectivity index (χ4v) is 3.79. The highest BCUT2D eigenvalue weighted by Crippen LogP contribution is 2.40. The molecule has 0 aliphatic heterocycles. The number of hydrogen-bond acceptors (Lipinski definition) is 2. The van der Waals surface area contributed by atoms with E-state index >= 15 is 0 Å². The van der Waals surface area contributed by atoms with Crippen LogP contribution in [0.3, 0.4) is 0 Å². The maximum absolute atomic E-state index is 10.8. The minimum absolute atomic E-state index is 0.343. The van der Waals surface area contributed by atoms with Gasteiger partial charge in [-0.2, -0.15) is 0 Å². The van der Waals surface area contributed by atoms with Crippen molar-refractivity contribution in [3.63, 3.8) is 0 Å². The third kappa shape index (κ3) is 2.96. The van der Waals surface area contributed by atoms with Gasteiger partial charge in [0.2, 0.25) is 0 Å². The lowest BCUT2D eigenvalue weighted by molar-refractivity contribution is 0.0678. The minimum Gasteiger partial charge on any atom is -0.388 e. The lowest BCUT2D eigenvalue weighted by Gasteiger charge is -2.33. The topological polar surface area (TPSA) is 33.1 Å². The third-order valence-corrected chi connectivity index (χ3v) is 5.24. The summed E-state index contributed by atoms with van der Waals surface area (Å²) in [6.07, 6.45) is 8.15. The summed E-state index contributed by atoms with van der Waals surface area (Å²) in [5.74, 6) is 2.01. The van der Waals surface area contributed by atoms with Crippen LogP contribution in [0.15, 0.2) is 36.7 Å². The Bertz CT molecular complexity index is 594. The summed E-state index contributed by atoms with van der Waals surface area (Å²) in [4.78, 5) is 4.17. The highest BCUT2D eigenvalue weighted by Gasteiger charge is 2.29. The first kappa shape index (κ1) is 14.5. The Morgan fingerprint density at radius 1 is 1.05 bits per heavy atom. The van der Waals surface area contributed by atoms with Crippen LogP contribution in [-0.2, 0) is 0 Å². The third-order valence-electron chi connectivity index (χ3n) is 5.24. The van der Waals surface area contributed by atoms with Gasteiger partial charge in [-0.1, -0.05) is 32.0 Å². The first-order chi connectivity index (χ1) is 10.2. The Labute approximate surface area is 127 Å². The number of nitrogens with zero attached hydrogens (tertiary/aromatic N) is 1. The van der Waals surface area contributed by atoms with Crippen LogP contribution in [0.2, 0.25) is 0 Å². The van der Waals surface area contributed by atoms with E-state index in [0.29, 0.717) is 5.92 Å². The van der Waals surface area contributed by atoms with Crippen LogP contribution in [-0.4, -0.2) is 10.1 Å². The molecule has 0 saturated heterocycles. The number of aliphatic hydroxyl groups is 1. The van der Waals surface area contributed by atoms with E-state index in [2.05, 4.69) is 31.0 Å². The van der Waals surface area contributed by atoms with E-state index in [0.717, 1.165) is 41.0 Å². The molecule has 0 amide bonds. The average molecular weight is 283 g/mol. The molecule has 1 aliphatic carbocycles. The molecule has 1 N–H and O–H groups in total. The van der Waals surface area contributed by atoms with Gasteiger partial charge in [0.1, 0.15) is 0 Å². The second kappa shape index (κ2) is 6.15. The van der Waals surface area contributed by atoms with Gasteiger partial charge in [-0.3, -0.25) is 4.98 Å². The molecule has 2 nitrogen and oxygen atoms in total. The molecule has 0 radical (unpaired) electrons. The van der Waals surface area contributed by atoms with Crippen LogP contribution < -0.4 is 0 Å². The summed E-state index contributed by atoms with van der Waals surface area (Å²) < 4.78 is 0. The SMILES string of the molecule is CC(C)C1CCC(C(O)c2cccc3cnccc23)CC1. The van der Waals surface area contributed by atoms with Crippen LogP contribution in [0.4, 0.5) is 0 Å². The van der Waals surface area contributed by atoms with Crippen LogP contribution in [0.1, 0.15) is 51.2 Å². The maximum atomic E-state index is 10.8. The highest BCUT2D eigenvalue weighted by molar-refractivity contribution is 5.85. The summed E-state index contributed by atoms with van der Waals surface area (Å²) in [5, 5.41) is 13.1. The van der Waals surface area contributed by atoms with Gasteiger partial charge in [0.15, 0.2) is 0 Å². The molecule has 1 aliphatic rings. The number of fused-ring (bicyclic) bond motifs is 1. The standard InChI is InChI=1S/C19H25NO/c1-13(2)14-6-8-15(9-7-14)19(21)18-5-3-4-16-12-20-11-10-17(16)18/h3-5,10-15,19,21H,6-9H2,1-2H3. The van der Waals surface area contributed by atoms with Crippen molar-refractivity contribution in [2.45, 2.75) is 45.6 Å². The Balaban J connectivity index is 1.80. The lowest BCUT2D eigenvalue weighted by atomic mass is 9.74. The maximum Gasteiger partial charge on any atom is 0.0824 e. The van der Waals surface area contributed by atoms with Gasteiger partial charge < -0.3 is 5.11 Å². The minimum atomic E-state index is -0.343. The number of aromatic nitrogens is 1. The molecule has 2 aromatic rings. The van der Waals surface area contributed by atoms with Crippen molar-refractivity contribution in [2.75, 3.05) is 0 Å². The van der Waals surface area contributed by atoms with Gasteiger partial charge in [-0.15, -0.1) is 0 Å². The Morgan fingerprint density at radius 2 is 1.76 bits per heavy atom. The van der Waals surface area contributed by atoms with Crippen LogP contribution >= 0.6 is 0 Å². The molecule has 1 fully saturated rings. The van der Waals surface area contributed by atoms with Crippen molar-refractivity contribution in [1.82, 2.24) is 4.98 Å². The second-order valence-electron chi connectivity index (χ2n) is 6.81. The van der Waals surface area contributed by atoms with Gasteiger partial charge in [-0.05, 0) is 60.5 Å². The number of benzene rings is 1. The molecular weight excluding hydrogens is 258 g/mol. The zero-order chi connectivity index (χ0) is 14.8. The highest BCUT2D eigenvalue weighted by atomic mass is 16.3. The van der Waals surface area contributed by atoms with Crippen molar-refractivity contribution in [1.29, 1.82) is 0 Å². The zero-order valence-corrected chi connectivity index (χ0v) is 13.0. The summed E-state index contributed by atoms with van der Waals surface area (Å²) in [6, 6.07) is 8.19. The quantitative estimate of drug-likeness (QED) is 0.883. The van der Waals surface area contributed by atoms with E-state index in [4.69, 9.17) is 0 Å². The first-order valence-corrected chi connectivity index (χ1v) is 8.17.